The molecule has 1 amide bonds. The van der Waals surface area contributed by atoms with Crippen LogP contribution in [0, 0.1) is 5.92 Å². The van der Waals surface area contributed by atoms with Crippen molar-refractivity contribution in [2.75, 3.05) is 27.3 Å². The molecule has 1 saturated heterocycles. The maximum absolute atomic E-state index is 12.3. The third kappa shape index (κ3) is 1.96. The summed E-state index contributed by atoms with van der Waals surface area (Å²) in [4.78, 5) is 16.5. The maximum Gasteiger partial charge on any atom is 0.244 e. The van der Waals surface area contributed by atoms with Gasteiger partial charge in [-0.1, -0.05) is 13.8 Å². The Balaban J connectivity index is 2.06. The summed E-state index contributed by atoms with van der Waals surface area (Å²) in [5.41, 5.74) is -0.153. The van der Waals surface area contributed by atoms with E-state index in [9.17, 15) is 4.79 Å². The molecule has 2 aliphatic rings. The van der Waals surface area contributed by atoms with Gasteiger partial charge in [0.2, 0.25) is 5.91 Å². The van der Waals surface area contributed by atoms with Gasteiger partial charge in [-0.05, 0) is 32.9 Å². The number of nitrogens with one attached hydrogen (secondary N) is 1. The van der Waals surface area contributed by atoms with Crippen LogP contribution in [0.4, 0.5) is 0 Å². The van der Waals surface area contributed by atoms with E-state index in [0.717, 1.165) is 26.1 Å². The van der Waals surface area contributed by atoms with Crippen LogP contribution in [0.15, 0.2) is 0 Å². The molecular weight excluding hydrogens is 202 g/mol. The van der Waals surface area contributed by atoms with E-state index < -0.39 is 0 Å². The highest BCUT2D eigenvalue weighted by Crippen LogP contribution is 2.41. The third-order valence-electron chi connectivity index (χ3n) is 3.73. The number of carbonyl (C=O) groups is 1. The molecule has 2 fully saturated rings. The van der Waals surface area contributed by atoms with Gasteiger partial charge in [-0.2, -0.15) is 0 Å². The minimum atomic E-state index is -0.153. The van der Waals surface area contributed by atoms with Crippen molar-refractivity contribution >= 4 is 5.91 Å². The molecule has 1 atom stereocenters. The monoisotopic (exact) mass is 225 g/mol. The Kier molecular flexibility index (Phi) is 2.97. The molecule has 16 heavy (non-hydrogen) atoms. The summed E-state index contributed by atoms with van der Waals surface area (Å²) >= 11 is 0. The van der Waals surface area contributed by atoms with E-state index >= 15 is 0 Å². The van der Waals surface area contributed by atoms with E-state index in [0.29, 0.717) is 17.9 Å². The number of rotatable bonds is 4. The first kappa shape index (κ1) is 11.9. The van der Waals surface area contributed by atoms with E-state index in [4.69, 9.17) is 0 Å². The smallest absolute Gasteiger partial charge is 0.244 e. The molecule has 1 saturated carbocycles. The fourth-order valence-corrected chi connectivity index (χ4v) is 2.49. The topological polar surface area (TPSA) is 35.6 Å². The molecule has 1 aliphatic carbocycles. The summed E-state index contributed by atoms with van der Waals surface area (Å²) in [6, 6.07) is 0.329. The van der Waals surface area contributed by atoms with Crippen molar-refractivity contribution in [2.24, 2.45) is 5.92 Å². The van der Waals surface area contributed by atoms with Gasteiger partial charge in [0.25, 0.3) is 0 Å². The zero-order valence-corrected chi connectivity index (χ0v) is 10.8. The lowest BCUT2D eigenvalue weighted by molar-refractivity contribution is -0.132. The SMILES string of the molecule is CC(C)C(CN(C)C)N1CNC2(CC2)C1=O. The third-order valence-corrected chi connectivity index (χ3v) is 3.73. The molecule has 2 rings (SSSR count). The van der Waals surface area contributed by atoms with E-state index in [-0.39, 0.29) is 5.54 Å². The quantitative estimate of drug-likeness (QED) is 0.756. The molecule has 1 spiro atoms. The van der Waals surface area contributed by atoms with Gasteiger partial charge in [0.15, 0.2) is 0 Å². The summed E-state index contributed by atoms with van der Waals surface area (Å²) in [6.45, 7) is 6.06. The number of carbonyl (C=O) groups excluding carboxylic acids is 1. The van der Waals surface area contributed by atoms with Gasteiger partial charge in [-0.25, -0.2) is 0 Å². The van der Waals surface area contributed by atoms with Crippen LogP contribution in [0.1, 0.15) is 26.7 Å². The van der Waals surface area contributed by atoms with Crippen LogP contribution in [0.25, 0.3) is 0 Å². The number of nitrogens with zero attached hydrogens (tertiary/aromatic N) is 2. The Labute approximate surface area is 98.0 Å². The minimum Gasteiger partial charge on any atom is -0.324 e. The Bertz CT molecular complexity index is 284. The Morgan fingerprint density at radius 3 is 2.44 bits per heavy atom. The first-order chi connectivity index (χ1) is 7.46. The fraction of sp³-hybridized carbons (Fsp3) is 0.917. The van der Waals surface area contributed by atoms with Crippen molar-refractivity contribution in [2.45, 2.75) is 38.3 Å². The van der Waals surface area contributed by atoms with Crippen LogP contribution in [0.2, 0.25) is 0 Å². The predicted molar refractivity (Wildman–Crippen MR) is 64.0 cm³/mol. The molecule has 0 aromatic heterocycles. The van der Waals surface area contributed by atoms with Crippen molar-refractivity contribution in [1.29, 1.82) is 0 Å². The summed E-state index contributed by atoms with van der Waals surface area (Å²) in [5, 5.41) is 3.37. The maximum atomic E-state index is 12.3. The molecule has 1 heterocycles. The zero-order chi connectivity index (χ0) is 11.9. The van der Waals surface area contributed by atoms with Gasteiger partial charge in [0.1, 0.15) is 0 Å². The lowest BCUT2D eigenvalue weighted by atomic mass is 10.0. The van der Waals surface area contributed by atoms with E-state index in [1.807, 2.05) is 4.90 Å². The molecule has 0 bridgehead atoms. The molecule has 4 nitrogen and oxygen atoms in total. The predicted octanol–water partition coefficient (Wildman–Crippen LogP) is 0.494. The normalized spacial score (nSPS) is 24.9. The Morgan fingerprint density at radius 2 is 2.06 bits per heavy atom. The summed E-state index contributed by atoms with van der Waals surface area (Å²) in [6.07, 6.45) is 2.05. The average molecular weight is 225 g/mol. The molecule has 0 aromatic carbocycles. The van der Waals surface area contributed by atoms with E-state index in [2.05, 4.69) is 38.2 Å². The number of hydrogen-bond donors (Lipinski definition) is 1. The molecule has 92 valence electrons. The fourth-order valence-electron chi connectivity index (χ4n) is 2.49. The van der Waals surface area contributed by atoms with Gasteiger partial charge in [-0.15, -0.1) is 0 Å². The summed E-state index contributed by atoms with van der Waals surface area (Å²) < 4.78 is 0. The lowest BCUT2D eigenvalue weighted by Gasteiger charge is -2.32. The Morgan fingerprint density at radius 1 is 1.44 bits per heavy atom. The summed E-state index contributed by atoms with van der Waals surface area (Å²) in [7, 11) is 4.13. The minimum absolute atomic E-state index is 0.153. The van der Waals surface area contributed by atoms with Crippen LogP contribution >= 0.6 is 0 Å². The molecule has 4 heteroatoms. The van der Waals surface area contributed by atoms with E-state index in [1.165, 1.54) is 0 Å². The van der Waals surface area contributed by atoms with Crippen molar-refractivity contribution in [1.82, 2.24) is 15.1 Å². The van der Waals surface area contributed by atoms with Crippen LogP contribution in [-0.4, -0.2) is 54.6 Å². The second-order valence-electron chi connectivity index (χ2n) is 5.77. The van der Waals surface area contributed by atoms with Crippen molar-refractivity contribution in [3.05, 3.63) is 0 Å². The second-order valence-corrected chi connectivity index (χ2v) is 5.77. The number of hydrogen-bond acceptors (Lipinski definition) is 3. The lowest BCUT2D eigenvalue weighted by Crippen LogP contribution is -2.47. The van der Waals surface area contributed by atoms with Crippen LogP contribution in [-0.2, 0) is 4.79 Å². The highest BCUT2D eigenvalue weighted by Gasteiger charge is 2.56. The van der Waals surface area contributed by atoms with E-state index in [1.54, 1.807) is 0 Å². The second kappa shape index (κ2) is 4.00. The van der Waals surface area contributed by atoms with Crippen LogP contribution in [0.5, 0.6) is 0 Å². The van der Waals surface area contributed by atoms with Gasteiger partial charge in [-0.3, -0.25) is 10.1 Å². The average Bonchev–Trinajstić information content (AvgIpc) is 2.89. The molecule has 0 radical (unpaired) electrons. The highest BCUT2D eigenvalue weighted by atomic mass is 16.2. The standard InChI is InChI=1S/C12H23N3O/c1-9(2)10(7-14(3)4)15-8-13-12(5-6-12)11(15)16/h9-10,13H,5-8H2,1-4H3. The molecule has 0 aromatic rings. The Hall–Kier alpha value is -0.610. The van der Waals surface area contributed by atoms with Crippen molar-refractivity contribution < 1.29 is 4.79 Å². The van der Waals surface area contributed by atoms with Crippen molar-refractivity contribution in [3.8, 4) is 0 Å². The number of amides is 1. The largest absolute Gasteiger partial charge is 0.324 e. The van der Waals surface area contributed by atoms with Crippen molar-refractivity contribution in [3.63, 3.8) is 0 Å². The molecular formula is C12H23N3O. The van der Waals surface area contributed by atoms with Crippen LogP contribution < -0.4 is 5.32 Å². The molecule has 1 unspecified atom stereocenters. The van der Waals surface area contributed by atoms with Crippen LogP contribution in [0.3, 0.4) is 0 Å². The van der Waals surface area contributed by atoms with Gasteiger partial charge in [0, 0.05) is 12.6 Å². The van der Waals surface area contributed by atoms with Gasteiger partial charge in [0.05, 0.1) is 12.2 Å². The summed E-state index contributed by atoms with van der Waals surface area (Å²) in [5.74, 6) is 0.829. The first-order valence-electron chi connectivity index (χ1n) is 6.17. The highest BCUT2D eigenvalue weighted by molar-refractivity contribution is 5.91. The number of likely N-dealkylation sites (N-methyl/N-ethyl adjacent to an activating group) is 1. The molecule has 1 aliphatic heterocycles. The van der Waals surface area contributed by atoms with Gasteiger partial charge < -0.3 is 9.80 Å². The zero-order valence-electron chi connectivity index (χ0n) is 10.8. The van der Waals surface area contributed by atoms with Gasteiger partial charge >= 0.3 is 0 Å². The molecule has 1 N–H and O–H groups in total. The first-order valence-corrected chi connectivity index (χ1v) is 6.17.